The highest BCUT2D eigenvalue weighted by molar-refractivity contribution is 5.95. The Labute approximate surface area is 95.2 Å². The monoisotopic (exact) mass is 216 g/mol. The van der Waals surface area contributed by atoms with Gasteiger partial charge in [0.25, 0.3) is 0 Å². The largest absolute Gasteiger partial charge is 0.326 e. The highest BCUT2D eigenvalue weighted by atomic mass is 16.1. The fraction of sp³-hybridized carbons (Fsp3) is 0.462. The molecule has 1 saturated heterocycles. The van der Waals surface area contributed by atoms with Crippen LogP contribution in [0.15, 0.2) is 24.3 Å². The van der Waals surface area contributed by atoms with Gasteiger partial charge in [-0.3, -0.25) is 4.79 Å². The smallest absolute Gasteiger partial charge is 0.225 e. The first-order chi connectivity index (χ1) is 7.80. The van der Waals surface area contributed by atoms with Crippen LogP contribution in [0.25, 0.3) is 0 Å². The molecule has 1 fully saturated rings. The number of fused-ring (bicyclic) bond motifs is 2. The van der Waals surface area contributed by atoms with Gasteiger partial charge in [-0.25, -0.2) is 0 Å². The van der Waals surface area contributed by atoms with Crippen molar-refractivity contribution in [3.63, 3.8) is 0 Å². The Kier molecular flexibility index (Phi) is 2.21. The Hall–Kier alpha value is -1.35. The average molecular weight is 216 g/mol. The van der Waals surface area contributed by atoms with E-state index in [1.807, 2.05) is 12.1 Å². The Morgan fingerprint density at radius 3 is 2.69 bits per heavy atom. The van der Waals surface area contributed by atoms with Crippen LogP contribution in [-0.2, 0) is 10.2 Å². The minimum absolute atomic E-state index is 0.0875. The van der Waals surface area contributed by atoms with Crippen LogP contribution in [0.1, 0.15) is 24.8 Å². The molecule has 1 aromatic rings. The van der Waals surface area contributed by atoms with E-state index in [9.17, 15) is 4.79 Å². The molecule has 0 bridgehead atoms. The van der Waals surface area contributed by atoms with E-state index in [-0.39, 0.29) is 11.3 Å². The maximum absolute atomic E-state index is 11.8. The van der Waals surface area contributed by atoms with E-state index in [0.29, 0.717) is 6.42 Å². The quantitative estimate of drug-likeness (QED) is 0.692. The van der Waals surface area contributed by atoms with Gasteiger partial charge in [-0.1, -0.05) is 18.2 Å². The molecule has 16 heavy (non-hydrogen) atoms. The lowest BCUT2D eigenvalue weighted by Crippen LogP contribution is -2.45. The number of carbonyl (C=O) groups is 1. The summed E-state index contributed by atoms with van der Waals surface area (Å²) in [6, 6.07) is 8.23. The molecule has 0 aromatic heterocycles. The number of nitrogens with one attached hydrogen (secondary N) is 2. The number of piperidine rings is 1. The Morgan fingerprint density at radius 2 is 1.88 bits per heavy atom. The number of anilines is 1. The highest BCUT2D eigenvalue weighted by Gasteiger charge is 2.40. The predicted octanol–water partition coefficient (Wildman–Crippen LogP) is 1.65. The van der Waals surface area contributed by atoms with Crippen molar-refractivity contribution in [1.82, 2.24) is 5.32 Å². The van der Waals surface area contributed by atoms with Gasteiger partial charge in [0.1, 0.15) is 0 Å². The molecule has 84 valence electrons. The van der Waals surface area contributed by atoms with E-state index < -0.39 is 0 Å². The molecule has 0 atom stereocenters. The molecule has 2 aliphatic rings. The van der Waals surface area contributed by atoms with Crippen LogP contribution in [0, 0.1) is 0 Å². The van der Waals surface area contributed by atoms with E-state index in [1.54, 1.807) is 0 Å². The maximum Gasteiger partial charge on any atom is 0.225 e. The van der Waals surface area contributed by atoms with Gasteiger partial charge in [0, 0.05) is 17.5 Å². The summed E-state index contributed by atoms with van der Waals surface area (Å²) in [5.74, 6) is 0.167. The molecule has 1 aromatic carbocycles. The Balaban J connectivity index is 2.08. The molecule has 2 aliphatic heterocycles. The van der Waals surface area contributed by atoms with E-state index in [0.717, 1.165) is 31.6 Å². The number of hydrogen-bond donors (Lipinski definition) is 2. The van der Waals surface area contributed by atoms with Crippen LogP contribution >= 0.6 is 0 Å². The second-order valence-electron chi connectivity index (χ2n) is 4.80. The molecule has 3 nitrogen and oxygen atoms in total. The number of hydrogen-bond acceptors (Lipinski definition) is 2. The second-order valence-corrected chi connectivity index (χ2v) is 4.80. The molecule has 2 heterocycles. The molecule has 3 rings (SSSR count). The van der Waals surface area contributed by atoms with Gasteiger partial charge in [-0.15, -0.1) is 0 Å². The summed E-state index contributed by atoms with van der Waals surface area (Å²) in [5, 5.41) is 6.34. The SMILES string of the molecule is O=C1CC2(CCNCC2)c2ccccc2N1. The highest BCUT2D eigenvalue weighted by Crippen LogP contribution is 2.43. The molecular weight excluding hydrogens is 200 g/mol. The molecule has 0 saturated carbocycles. The van der Waals surface area contributed by atoms with Crippen LogP contribution in [0.3, 0.4) is 0 Å². The van der Waals surface area contributed by atoms with Gasteiger partial charge < -0.3 is 10.6 Å². The minimum atomic E-state index is 0.0875. The topological polar surface area (TPSA) is 41.1 Å². The molecule has 2 N–H and O–H groups in total. The fourth-order valence-corrected chi connectivity index (χ4v) is 3.00. The van der Waals surface area contributed by atoms with E-state index >= 15 is 0 Å². The molecule has 1 spiro atoms. The van der Waals surface area contributed by atoms with Crippen LogP contribution in [0.4, 0.5) is 5.69 Å². The summed E-state index contributed by atoms with van der Waals surface area (Å²) < 4.78 is 0. The standard InChI is InChI=1S/C13H16N2O/c16-12-9-13(5-7-14-8-6-13)10-3-1-2-4-11(10)15-12/h1-4,14H,5-9H2,(H,15,16). The normalized spacial score (nSPS) is 22.6. The average Bonchev–Trinajstić information content (AvgIpc) is 2.30. The van der Waals surface area contributed by atoms with Crippen molar-refractivity contribution in [2.45, 2.75) is 24.7 Å². The third-order valence-electron chi connectivity index (χ3n) is 3.83. The molecule has 0 unspecified atom stereocenters. The van der Waals surface area contributed by atoms with Crippen molar-refractivity contribution < 1.29 is 4.79 Å². The van der Waals surface area contributed by atoms with Gasteiger partial charge in [-0.2, -0.15) is 0 Å². The lowest BCUT2D eigenvalue weighted by Gasteiger charge is -2.41. The summed E-state index contributed by atoms with van der Waals surface area (Å²) in [7, 11) is 0. The first-order valence-corrected chi connectivity index (χ1v) is 5.90. The molecule has 3 heteroatoms. The zero-order chi connectivity index (χ0) is 11.0. The van der Waals surface area contributed by atoms with Gasteiger partial charge in [0.05, 0.1) is 0 Å². The van der Waals surface area contributed by atoms with Gasteiger partial charge in [-0.05, 0) is 37.6 Å². The van der Waals surface area contributed by atoms with Gasteiger partial charge >= 0.3 is 0 Å². The Bertz CT molecular complexity index is 422. The third-order valence-corrected chi connectivity index (χ3v) is 3.83. The van der Waals surface area contributed by atoms with Gasteiger partial charge in [0.15, 0.2) is 0 Å². The first-order valence-electron chi connectivity index (χ1n) is 5.90. The van der Waals surface area contributed by atoms with Crippen LogP contribution < -0.4 is 10.6 Å². The zero-order valence-electron chi connectivity index (χ0n) is 9.25. The number of para-hydroxylation sites is 1. The maximum atomic E-state index is 11.8. The van der Waals surface area contributed by atoms with E-state index in [1.165, 1.54) is 5.56 Å². The van der Waals surface area contributed by atoms with Crippen molar-refractivity contribution in [2.24, 2.45) is 0 Å². The van der Waals surface area contributed by atoms with Crippen molar-refractivity contribution in [3.8, 4) is 0 Å². The third kappa shape index (κ3) is 1.43. The summed E-state index contributed by atoms with van der Waals surface area (Å²) in [5.41, 5.74) is 2.43. The summed E-state index contributed by atoms with van der Waals surface area (Å²) in [4.78, 5) is 11.8. The van der Waals surface area contributed by atoms with Gasteiger partial charge in [0.2, 0.25) is 5.91 Å². The lowest BCUT2D eigenvalue weighted by molar-refractivity contribution is -0.118. The molecule has 0 aliphatic carbocycles. The number of amides is 1. The first kappa shape index (κ1) is 9.85. The summed E-state index contributed by atoms with van der Waals surface area (Å²) in [6.07, 6.45) is 2.78. The van der Waals surface area contributed by atoms with Crippen molar-refractivity contribution in [2.75, 3.05) is 18.4 Å². The van der Waals surface area contributed by atoms with Crippen LogP contribution in [0.2, 0.25) is 0 Å². The second kappa shape index (κ2) is 3.59. The van der Waals surface area contributed by atoms with Crippen molar-refractivity contribution in [1.29, 1.82) is 0 Å². The van der Waals surface area contributed by atoms with Crippen molar-refractivity contribution >= 4 is 11.6 Å². The number of rotatable bonds is 0. The van der Waals surface area contributed by atoms with Crippen molar-refractivity contribution in [3.05, 3.63) is 29.8 Å². The minimum Gasteiger partial charge on any atom is -0.326 e. The summed E-state index contributed by atoms with van der Waals surface area (Å²) >= 11 is 0. The molecule has 1 amide bonds. The lowest BCUT2D eigenvalue weighted by atomic mass is 9.68. The zero-order valence-corrected chi connectivity index (χ0v) is 9.25. The Morgan fingerprint density at radius 1 is 1.12 bits per heavy atom. The van der Waals surface area contributed by atoms with Crippen LogP contribution in [-0.4, -0.2) is 19.0 Å². The van der Waals surface area contributed by atoms with E-state index in [4.69, 9.17) is 0 Å². The molecular formula is C13H16N2O. The predicted molar refractivity (Wildman–Crippen MR) is 63.5 cm³/mol. The van der Waals surface area contributed by atoms with E-state index in [2.05, 4.69) is 22.8 Å². The number of benzene rings is 1. The summed E-state index contributed by atoms with van der Waals surface area (Å²) in [6.45, 7) is 2.03. The number of carbonyl (C=O) groups excluding carboxylic acids is 1. The van der Waals surface area contributed by atoms with Crippen LogP contribution in [0.5, 0.6) is 0 Å². The fourth-order valence-electron chi connectivity index (χ4n) is 3.00. The molecule has 0 radical (unpaired) electrons.